The molecule has 1 aliphatic heterocycles. The molecule has 3 aromatic rings. The minimum Gasteiger partial charge on any atom is -0.454 e. The fraction of sp³-hybridized carbons (Fsp3) is 0.0952. The maximum absolute atomic E-state index is 12.7. The predicted octanol–water partition coefficient (Wildman–Crippen LogP) is 5.29. The number of para-hydroxylation sites is 2. The minimum absolute atomic E-state index is 0.0634. The van der Waals surface area contributed by atoms with Gasteiger partial charge in [0.25, 0.3) is 10.0 Å². The lowest BCUT2D eigenvalue weighted by atomic mass is 10.2. The Labute approximate surface area is 191 Å². The highest BCUT2D eigenvalue weighted by molar-refractivity contribution is 7.90. The molecule has 0 bridgehead atoms. The van der Waals surface area contributed by atoms with Crippen molar-refractivity contribution in [2.45, 2.75) is 17.8 Å². The Bertz CT molecular complexity index is 1330. The van der Waals surface area contributed by atoms with Gasteiger partial charge in [0.15, 0.2) is 5.75 Å². The molecule has 0 saturated heterocycles. The molecule has 0 spiro atoms. The Morgan fingerprint density at radius 1 is 0.970 bits per heavy atom. The number of ether oxygens (including phenoxy) is 2. The first-order valence-electron chi connectivity index (χ1n) is 9.35. The van der Waals surface area contributed by atoms with Crippen molar-refractivity contribution in [2.75, 3.05) is 5.32 Å². The summed E-state index contributed by atoms with van der Waals surface area (Å²) in [6.45, 7) is -0.122. The summed E-state index contributed by atoms with van der Waals surface area (Å²) in [4.78, 5) is 4.08. The molecule has 0 saturated carbocycles. The second-order valence-corrected chi connectivity index (χ2v) is 8.81. The zero-order valence-corrected chi connectivity index (χ0v) is 18.1. The number of hydrogen-bond donors (Lipinski definition) is 2. The number of nitrogens with zero attached hydrogens (tertiary/aromatic N) is 1. The highest BCUT2D eigenvalue weighted by atomic mass is 35.5. The van der Waals surface area contributed by atoms with Crippen molar-refractivity contribution in [3.05, 3.63) is 77.3 Å². The molecule has 0 amide bonds. The number of halogens is 4. The number of fused-ring (bicyclic) bond motifs is 1. The Morgan fingerprint density at radius 3 is 2.45 bits per heavy atom. The van der Waals surface area contributed by atoms with Crippen molar-refractivity contribution in [3.8, 4) is 17.2 Å². The van der Waals surface area contributed by atoms with Gasteiger partial charge >= 0.3 is 6.36 Å². The van der Waals surface area contributed by atoms with E-state index in [1.807, 2.05) is 0 Å². The summed E-state index contributed by atoms with van der Waals surface area (Å²) in [5.74, 6) is -0.0118. The van der Waals surface area contributed by atoms with Crippen molar-refractivity contribution in [2.24, 2.45) is 4.99 Å². The normalized spacial score (nSPS) is 15.8. The van der Waals surface area contributed by atoms with Crippen molar-refractivity contribution >= 4 is 33.3 Å². The third-order valence-electron chi connectivity index (χ3n) is 4.36. The number of aliphatic imine (C=N–C) groups is 1. The second kappa shape index (κ2) is 8.83. The molecule has 3 aromatic carbocycles. The van der Waals surface area contributed by atoms with E-state index in [-0.39, 0.29) is 28.8 Å². The second-order valence-electron chi connectivity index (χ2n) is 6.75. The summed E-state index contributed by atoms with van der Waals surface area (Å²) in [5, 5.41) is 3.20. The van der Waals surface area contributed by atoms with E-state index in [4.69, 9.17) is 16.3 Å². The van der Waals surface area contributed by atoms with Crippen LogP contribution in [-0.4, -0.2) is 20.7 Å². The molecule has 1 aliphatic rings. The van der Waals surface area contributed by atoms with E-state index in [2.05, 4.69) is 19.8 Å². The van der Waals surface area contributed by atoms with Gasteiger partial charge in [-0.1, -0.05) is 41.9 Å². The van der Waals surface area contributed by atoms with E-state index < -0.39 is 22.1 Å². The van der Waals surface area contributed by atoms with E-state index >= 15 is 0 Å². The van der Waals surface area contributed by atoms with Gasteiger partial charge in [0.1, 0.15) is 22.1 Å². The van der Waals surface area contributed by atoms with Crippen LogP contribution < -0.4 is 19.5 Å². The number of nitrogens with one attached hydrogen (secondary N) is 2. The summed E-state index contributed by atoms with van der Waals surface area (Å²) in [6.07, 6.45) is -4.83. The Balaban J connectivity index is 1.61. The van der Waals surface area contributed by atoms with Crippen LogP contribution in [0.3, 0.4) is 0 Å². The average molecular weight is 498 g/mol. The maximum Gasteiger partial charge on any atom is 0.573 e. The molecule has 4 rings (SSSR count). The van der Waals surface area contributed by atoms with Gasteiger partial charge < -0.3 is 14.8 Å². The van der Waals surface area contributed by atoms with E-state index in [1.54, 1.807) is 30.3 Å². The monoisotopic (exact) mass is 497 g/mol. The first kappa shape index (κ1) is 22.7. The highest BCUT2D eigenvalue weighted by Gasteiger charge is 2.31. The van der Waals surface area contributed by atoms with Crippen LogP contribution >= 0.6 is 11.6 Å². The molecule has 0 fully saturated rings. The van der Waals surface area contributed by atoms with Crippen molar-refractivity contribution in [1.82, 2.24) is 4.72 Å². The molecular weight excluding hydrogens is 483 g/mol. The van der Waals surface area contributed by atoms with Crippen molar-refractivity contribution in [3.63, 3.8) is 0 Å². The molecular formula is C21H15ClF3N3O4S. The number of hydrogen-bond acceptors (Lipinski definition) is 5. The quantitative estimate of drug-likeness (QED) is 0.500. The van der Waals surface area contributed by atoms with E-state index in [0.29, 0.717) is 16.3 Å². The smallest absolute Gasteiger partial charge is 0.454 e. The van der Waals surface area contributed by atoms with Gasteiger partial charge in [0.2, 0.25) is 5.96 Å². The van der Waals surface area contributed by atoms with Gasteiger partial charge in [-0.05, 0) is 42.0 Å². The summed E-state index contributed by atoms with van der Waals surface area (Å²) in [5.41, 5.74) is 0.515. The van der Waals surface area contributed by atoms with Gasteiger partial charge in [-0.2, -0.15) is 0 Å². The number of rotatable bonds is 5. The molecule has 1 heterocycles. The lowest BCUT2D eigenvalue weighted by Crippen LogP contribution is -2.40. The van der Waals surface area contributed by atoms with Crippen LogP contribution in [0.2, 0.25) is 5.02 Å². The first-order valence-corrected chi connectivity index (χ1v) is 11.2. The van der Waals surface area contributed by atoms with E-state index in [9.17, 15) is 21.6 Å². The molecule has 7 nitrogen and oxygen atoms in total. The summed E-state index contributed by atoms with van der Waals surface area (Å²) in [6, 6.07) is 16.4. The Morgan fingerprint density at radius 2 is 1.70 bits per heavy atom. The molecule has 33 heavy (non-hydrogen) atoms. The minimum atomic E-state index is -4.83. The maximum atomic E-state index is 12.7. The third-order valence-corrected chi connectivity index (χ3v) is 6.05. The third kappa shape index (κ3) is 5.49. The first-order chi connectivity index (χ1) is 15.6. The zero-order chi connectivity index (χ0) is 23.6. The number of alkyl halides is 3. The van der Waals surface area contributed by atoms with Gasteiger partial charge in [-0.25, -0.2) is 18.1 Å². The average Bonchev–Trinajstić information content (AvgIpc) is 2.73. The van der Waals surface area contributed by atoms with E-state index in [0.717, 1.165) is 12.1 Å². The number of guanidine groups is 1. The molecule has 2 N–H and O–H groups in total. The molecule has 172 valence electrons. The standard InChI is InChI=1S/C21H15ClF3N3O4S/c22-15-7-1-2-8-16(15)31-17-9-4-10-18-19(17)27-20(28-33(18,29)30)26-12-13-5-3-6-14(11-13)32-21(23,24)25/h1-11H,12H2,(H2,26,27,28). The van der Waals surface area contributed by atoms with Crippen LogP contribution in [-0.2, 0) is 16.6 Å². The molecule has 12 heteroatoms. The summed E-state index contributed by atoms with van der Waals surface area (Å²) >= 11 is 6.13. The van der Waals surface area contributed by atoms with Gasteiger partial charge in [0, 0.05) is 0 Å². The number of benzene rings is 3. The molecule has 0 radical (unpaired) electrons. The van der Waals surface area contributed by atoms with Crippen LogP contribution in [0.4, 0.5) is 18.9 Å². The Kier molecular flexibility index (Phi) is 6.09. The summed E-state index contributed by atoms with van der Waals surface area (Å²) < 4.78 is 74.7. The predicted molar refractivity (Wildman–Crippen MR) is 116 cm³/mol. The van der Waals surface area contributed by atoms with Crippen LogP contribution in [0.1, 0.15) is 5.56 Å². The number of sulfonamides is 1. The molecule has 0 atom stereocenters. The van der Waals surface area contributed by atoms with Gasteiger partial charge in [0.05, 0.1) is 11.6 Å². The molecule has 0 aromatic heterocycles. The molecule has 0 aliphatic carbocycles. The lowest BCUT2D eigenvalue weighted by molar-refractivity contribution is -0.274. The SMILES string of the molecule is O=S1(=O)NC(=NCc2cccc(OC(F)(F)F)c2)Nc2c(Oc3ccccc3Cl)cccc21. The van der Waals surface area contributed by atoms with Crippen LogP contribution in [0.5, 0.6) is 17.2 Å². The van der Waals surface area contributed by atoms with Crippen molar-refractivity contribution in [1.29, 1.82) is 0 Å². The van der Waals surface area contributed by atoms with Crippen LogP contribution in [0.25, 0.3) is 0 Å². The molecule has 0 unspecified atom stereocenters. The largest absolute Gasteiger partial charge is 0.573 e. The highest BCUT2D eigenvalue weighted by Crippen LogP contribution is 2.38. The summed E-state index contributed by atoms with van der Waals surface area (Å²) in [7, 11) is -3.98. The Hall–Kier alpha value is -3.44. The van der Waals surface area contributed by atoms with Gasteiger partial charge in [-0.3, -0.25) is 0 Å². The van der Waals surface area contributed by atoms with Crippen LogP contribution in [0, 0.1) is 0 Å². The number of anilines is 1. The van der Waals surface area contributed by atoms with Crippen molar-refractivity contribution < 1.29 is 31.1 Å². The van der Waals surface area contributed by atoms with Crippen LogP contribution in [0.15, 0.2) is 76.6 Å². The van der Waals surface area contributed by atoms with E-state index in [1.165, 1.54) is 24.3 Å². The fourth-order valence-corrected chi connectivity index (χ4v) is 4.33. The topological polar surface area (TPSA) is 89.0 Å². The van der Waals surface area contributed by atoms with Gasteiger partial charge in [-0.15, -0.1) is 13.2 Å². The fourth-order valence-electron chi connectivity index (χ4n) is 3.00. The lowest BCUT2D eigenvalue weighted by Gasteiger charge is -2.23. The zero-order valence-electron chi connectivity index (χ0n) is 16.6.